The molecule has 3 nitrogen and oxygen atoms in total. The van der Waals surface area contributed by atoms with Crippen molar-refractivity contribution < 1.29 is 9.13 Å². The molecule has 0 saturated heterocycles. The smallest absolute Gasteiger partial charge is 0.139 e. The molecule has 0 N–H and O–H groups in total. The number of ether oxygens (including phenoxy) is 1. The minimum absolute atomic E-state index is 0.00935. The molecular formula is C16H10ClFN2O. The lowest BCUT2D eigenvalue weighted by Gasteiger charge is -2.07. The van der Waals surface area contributed by atoms with Crippen LogP contribution in [0.5, 0.6) is 5.75 Å². The molecule has 0 aliphatic heterocycles. The van der Waals surface area contributed by atoms with Crippen LogP contribution in [0.3, 0.4) is 0 Å². The molecular weight excluding hydrogens is 291 g/mol. The summed E-state index contributed by atoms with van der Waals surface area (Å²) in [4.78, 5) is 3.99. The average Bonchev–Trinajstić information content (AvgIpc) is 2.52. The van der Waals surface area contributed by atoms with Gasteiger partial charge in [0.2, 0.25) is 0 Å². The van der Waals surface area contributed by atoms with Gasteiger partial charge in [-0.25, -0.2) is 4.39 Å². The number of halogens is 2. The van der Waals surface area contributed by atoms with Gasteiger partial charge in [0, 0.05) is 17.3 Å². The molecule has 0 aliphatic rings. The fraction of sp³-hybridized carbons (Fsp3) is 0.125. The van der Waals surface area contributed by atoms with Crippen LogP contribution in [0.1, 0.15) is 16.7 Å². The summed E-state index contributed by atoms with van der Waals surface area (Å²) in [6.45, 7) is 0.00935. The van der Waals surface area contributed by atoms with Crippen LogP contribution in [0, 0.1) is 29.0 Å². The SMILES string of the molecule is N#Cc1ccc(F)c(COc2cncc(C#CCCl)c2)c1. The van der Waals surface area contributed by atoms with E-state index >= 15 is 0 Å². The summed E-state index contributed by atoms with van der Waals surface area (Å²) in [6, 6.07) is 7.78. The molecule has 0 unspecified atom stereocenters. The van der Waals surface area contributed by atoms with Crippen LogP contribution < -0.4 is 4.74 Å². The Labute approximate surface area is 127 Å². The highest BCUT2D eigenvalue weighted by molar-refractivity contribution is 6.19. The zero-order valence-corrected chi connectivity index (χ0v) is 11.7. The Hall–Kier alpha value is -2.56. The quantitative estimate of drug-likeness (QED) is 0.645. The third-order valence-electron chi connectivity index (χ3n) is 2.58. The summed E-state index contributed by atoms with van der Waals surface area (Å²) < 4.78 is 19.1. The van der Waals surface area contributed by atoms with Gasteiger partial charge in [0.05, 0.1) is 23.7 Å². The Morgan fingerprint density at radius 2 is 2.10 bits per heavy atom. The van der Waals surface area contributed by atoms with Gasteiger partial charge in [-0.3, -0.25) is 4.98 Å². The first-order valence-corrected chi connectivity index (χ1v) is 6.57. The Kier molecular flexibility index (Phi) is 5.15. The van der Waals surface area contributed by atoms with Gasteiger partial charge in [-0.05, 0) is 24.3 Å². The van der Waals surface area contributed by atoms with Crippen molar-refractivity contribution in [2.75, 3.05) is 5.88 Å². The normalized spacial score (nSPS) is 9.38. The molecule has 2 rings (SSSR count). The molecule has 5 heteroatoms. The molecule has 0 saturated carbocycles. The second-order valence-corrected chi connectivity index (χ2v) is 4.32. The maximum atomic E-state index is 13.6. The van der Waals surface area contributed by atoms with Crippen molar-refractivity contribution in [3.63, 3.8) is 0 Å². The Balaban J connectivity index is 2.11. The van der Waals surface area contributed by atoms with Crippen molar-refractivity contribution in [3.8, 4) is 23.7 Å². The third-order valence-corrected chi connectivity index (χ3v) is 2.72. The number of rotatable bonds is 3. The fourth-order valence-corrected chi connectivity index (χ4v) is 1.68. The van der Waals surface area contributed by atoms with Gasteiger partial charge in [-0.15, -0.1) is 11.6 Å². The van der Waals surface area contributed by atoms with E-state index in [-0.39, 0.29) is 12.5 Å². The summed E-state index contributed by atoms with van der Waals surface area (Å²) in [5.41, 5.74) is 1.36. The standard InChI is InChI=1S/C16H10ClFN2O/c17-5-1-2-13-7-15(10-20-9-13)21-11-14-6-12(8-19)3-4-16(14)18/h3-4,6-7,9-10H,5,11H2. The number of nitriles is 1. The molecule has 0 amide bonds. The van der Waals surface area contributed by atoms with Gasteiger partial charge >= 0.3 is 0 Å². The molecule has 0 fully saturated rings. The average molecular weight is 301 g/mol. The first kappa shape index (κ1) is 14.8. The lowest BCUT2D eigenvalue weighted by atomic mass is 10.1. The second-order valence-electron chi connectivity index (χ2n) is 4.05. The molecule has 0 spiro atoms. The first-order chi connectivity index (χ1) is 10.2. The summed E-state index contributed by atoms with van der Waals surface area (Å²) in [7, 11) is 0. The summed E-state index contributed by atoms with van der Waals surface area (Å²) in [5, 5.41) is 8.81. The lowest BCUT2D eigenvalue weighted by Crippen LogP contribution is -1.99. The molecule has 1 aromatic heterocycles. The number of benzene rings is 1. The van der Waals surface area contributed by atoms with Crippen LogP contribution in [0.2, 0.25) is 0 Å². The van der Waals surface area contributed by atoms with E-state index in [1.807, 2.05) is 6.07 Å². The van der Waals surface area contributed by atoms with Crippen molar-refractivity contribution in [3.05, 3.63) is 59.2 Å². The van der Waals surface area contributed by atoms with Crippen LogP contribution in [-0.4, -0.2) is 10.9 Å². The van der Waals surface area contributed by atoms with Crippen LogP contribution in [0.4, 0.5) is 4.39 Å². The summed E-state index contributed by atoms with van der Waals surface area (Å²) in [6.07, 6.45) is 3.10. The third kappa shape index (κ3) is 4.21. The minimum atomic E-state index is -0.417. The zero-order chi connectivity index (χ0) is 15.1. The van der Waals surface area contributed by atoms with Crippen LogP contribution in [-0.2, 0) is 6.61 Å². The maximum absolute atomic E-state index is 13.6. The van der Waals surface area contributed by atoms with Crippen LogP contribution >= 0.6 is 11.6 Å². The number of hydrogen-bond donors (Lipinski definition) is 0. The minimum Gasteiger partial charge on any atom is -0.487 e. The molecule has 0 radical (unpaired) electrons. The number of aromatic nitrogens is 1. The highest BCUT2D eigenvalue weighted by atomic mass is 35.5. The monoisotopic (exact) mass is 300 g/mol. The Morgan fingerprint density at radius 3 is 2.86 bits per heavy atom. The fourth-order valence-electron chi connectivity index (χ4n) is 1.62. The molecule has 1 heterocycles. The van der Waals surface area contributed by atoms with Crippen LogP contribution in [0.15, 0.2) is 36.7 Å². The zero-order valence-electron chi connectivity index (χ0n) is 10.9. The van der Waals surface area contributed by atoms with Crippen molar-refractivity contribution in [2.24, 2.45) is 0 Å². The number of nitrogens with zero attached hydrogens (tertiary/aromatic N) is 2. The van der Waals surface area contributed by atoms with Crippen molar-refractivity contribution in [2.45, 2.75) is 6.61 Å². The van der Waals surface area contributed by atoms with E-state index in [0.29, 0.717) is 22.4 Å². The largest absolute Gasteiger partial charge is 0.487 e. The molecule has 0 bridgehead atoms. The van der Waals surface area contributed by atoms with E-state index in [1.54, 1.807) is 12.3 Å². The van der Waals surface area contributed by atoms with Gasteiger partial charge < -0.3 is 4.74 Å². The van der Waals surface area contributed by atoms with E-state index in [4.69, 9.17) is 21.6 Å². The van der Waals surface area contributed by atoms with E-state index in [9.17, 15) is 4.39 Å². The van der Waals surface area contributed by atoms with E-state index in [2.05, 4.69) is 16.8 Å². The topological polar surface area (TPSA) is 45.9 Å². The molecule has 21 heavy (non-hydrogen) atoms. The van der Waals surface area contributed by atoms with E-state index in [1.165, 1.54) is 24.4 Å². The Morgan fingerprint density at radius 1 is 1.24 bits per heavy atom. The van der Waals surface area contributed by atoms with Gasteiger partial charge in [-0.2, -0.15) is 5.26 Å². The number of alkyl halides is 1. The highest BCUT2D eigenvalue weighted by Gasteiger charge is 2.05. The van der Waals surface area contributed by atoms with E-state index < -0.39 is 5.82 Å². The lowest BCUT2D eigenvalue weighted by molar-refractivity contribution is 0.298. The predicted octanol–water partition coefficient (Wildman–Crippen LogP) is 3.26. The summed E-state index contributed by atoms with van der Waals surface area (Å²) >= 11 is 5.49. The second kappa shape index (κ2) is 7.28. The first-order valence-electron chi connectivity index (χ1n) is 6.04. The number of pyridine rings is 1. The van der Waals surface area contributed by atoms with Gasteiger partial charge in [0.25, 0.3) is 0 Å². The molecule has 104 valence electrons. The van der Waals surface area contributed by atoms with Crippen molar-refractivity contribution in [1.29, 1.82) is 5.26 Å². The molecule has 0 atom stereocenters. The van der Waals surface area contributed by atoms with E-state index in [0.717, 1.165) is 0 Å². The molecule has 2 aromatic rings. The summed E-state index contributed by atoms with van der Waals surface area (Å²) in [5.74, 6) is 5.82. The van der Waals surface area contributed by atoms with Gasteiger partial charge in [-0.1, -0.05) is 11.8 Å². The van der Waals surface area contributed by atoms with Crippen LogP contribution in [0.25, 0.3) is 0 Å². The number of hydrogen-bond acceptors (Lipinski definition) is 3. The molecule has 1 aromatic carbocycles. The van der Waals surface area contributed by atoms with Crippen molar-refractivity contribution in [1.82, 2.24) is 4.98 Å². The maximum Gasteiger partial charge on any atom is 0.139 e. The van der Waals surface area contributed by atoms with Gasteiger partial charge in [0.15, 0.2) is 0 Å². The van der Waals surface area contributed by atoms with Gasteiger partial charge in [0.1, 0.15) is 18.2 Å². The predicted molar refractivity (Wildman–Crippen MR) is 77.3 cm³/mol. The van der Waals surface area contributed by atoms with Crippen molar-refractivity contribution >= 4 is 11.6 Å². The Bertz CT molecular complexity index is 744. The molecule has 0 aliphatic carbocycles. The highest BCUT2D eigenvalue weighted by Crippen LogP contribution is 2.16.